The van der Waals surface area contributed by atoms with Gasteiger partial charge < -0.3 is 27.2 Å². The van der Waals surface area contributed by atoms with Crippen molar-refractivity contribution in [2.24, 2.45) is 16.5 Å². The second-order valence-electron chi connectivity index (χ2n) is 8.23. The van der Waals surface area contributed by atoms with Gasteiger partial charge in [-0.25, -0.2) is 4.79 Å². The van der Waals surface area contributed by atoms with Crippen LogP contribution in [-0.4, -0.2) is 65.5 Å². The Bertz CT molecular complexity index is 849. The average molecular weight is 447 g/mol. The van der Waals surface area contributed by atoms with Gasteiger partial charge in [-0.05, 0) is 56.7 Å². The number of carboxylic acid groups (broad SMARTS) is 1. The van der Waals surface area contributed by atoms with E-state index in [1.54, 1.807) is 0 Å². The van der Waals surface area contributed by atoms with Gasteiger partial charge in [0.1, 0.15) is 6.04 Å². The van der Waals surface area contributed by atoms with E-state index in [2.05, 4.69) is 15.6 Å². The lowest BCUT2D eigenvalue weighted by Crippen LogP contribution is -2.43. The predicted octanol–water partition coefficient (Wildman–Crippen LogP) is 0.719. The molecule has 1 aliphatic carbocycles. The van der Waals surface area contributed by atoms with Crippen molar-refractivity contribution in [3.05, 3.63) is 29.3 Å². The summed E-state index contributed by atoms with van der Waals surface area (Å²) >= 11 is 0. The second-order valence-corrected chi connectivity index (χ2v) is 8.23. The van der Waals surface area contributed by atoms with Crippen molar-refractivity contribution in [1.29, 1.82) is 0 Å². The largest absolute Gasteiger partial charge is 0.480 e. The molecule has 1 aromatic carbocycles. The highest BCUT2D eigenvalue weighted by atomic mass is 16.4. The van der Waals surface area contributed by atoms with E-state index in [1.165, 1.54) is 0 Å². The van der Waals surface area contributed by atoms with E-state index >= 15 is 0 Å². The van der Waals surface area contributed by atoms with Crippen molar-refractivity contribution in [1.82, 2.24) is 10.2 Å². The topological polar surface area (TPSA) is 163 Å². The summed E-state index contributed by atoms with van der Waals surface area (Å²) in [6, 6.07) is 5.16. The third-order valence-corrected chi connectivity index (χ3v) is 5.28. The Hall–Kier alpha value is -3.14. The number of carboxylic acids is 1. The fourth-order valence-electron chi connectivity index (χ4n) is 3.35. The van der Waals surface area contributed by atoms with E-state index in [9.17, 15) is 19.5 Å². The summed E-state index contributed by atoms with van der Waals surface area (Å²) < 4.78 is 0. The molecule has 2 amide bonds. The number of aliphatic imine (C=N–C) groups is 1. The zero-order valence-electron chi connectivity index (χ0n) is 18.8. The first-order valence-corrected chi connectivity index (χ1v) is 10.8. The molecule has 32 heavy (non-hydrogen) atoms. The first-order chi connectivity index (χ1) is 15.2. The van der Waals surface area contributed by atoms with E-state index < -0.39 is 12.0 Å². The van der Waals surface area contributed by atoms with Crippen LogP contribution < -0.4 is 22.1 Å². The minimum atomic E-state index is -1.10. The number of aryl methyl sites for hydroxylation is 2. The van der Waals surface area contributed by atoms with Crippen LogP contribution in [0.1, 0.15) is 43.2 Å². The average Bonchev–Trinajstić information content (AvgIpc) is 3.55. The van der Waals surface area contributed by atoms with Gasteiger partial charge in [0.25, 0.3) is 0 Å². The maximum atomic E-state index is 12.6. The van der Waals surface area contributed by atoms with Crippen molar-refractivity contribution >= 4 is 29.4 Å². The van der Waals surface area contributed by atoms with Crippen LogP contribution in [0.15, 0.2) is 23.2 Å². The Kier molecular flexibility index (Phi) is 9.45. The molecule has 176 valence electrons. The van der Waals surface area contributed by atoms with Gasteiger partial charge in [-0.3, -0.25) is 19.5 Å². The van der Waals surface area contributed by atoms with E-state index in [0.717, 1.165) is 29.7 Å². The van der Waals surface area contributed by atoms with Gasteiger partial charge in [0, 0.05) is 31.2 Å². The molecule has 0 radical (unpaired) electrons. The number of nitrogens with zero attached hydrogens (tertiary/aromatic N) is 2. The molecule has 10 heteroatoms. The van der Waals surface area contributed by atoms with Crippen LogP contribution in [0.25, 0.3) is 0 Å². The first kappa shape index (κ1) is 25.1. The Morgan fingerprint density at radius 1 is 1.22 bits per heavy atom. The van der Waals surface area contributed by atoms with Crippen LogP contribution in [0.5, 0.6) is 0 Å². The van der Waals surface area contributed by atoms with Crippen LogP contribution in [-0.2, 0) is 14.4 Å². The van der Waals surface area contributed by atoms with Crippen LogP contribution in [0.3, 0.4) is 0 Å². The van der Waals surface area contributed by atoms with E-state index in [0.29, 0.717) is 19.5 Å². The molecule has 0 heterocycles. The molecule has 0 aliphatic heterocycles. The number of nitrogens with one attached hydrogen (secondary N) is 2. The SMILES string of the molecule is Cc1ccc(C)c(NC(=O)CN(CCC(=O)NC(CCCN=C(N)N)C(=O)O)C2CC2)c1. The highest BCUT2D eigenvalue weighted by Gasteiger charge is 2.31. The lowest BCUT2D eigenvalue weighted by molar-refractivity contribution is -0.142. The normalized spacial score (nSPS) is 14.0. The predicted molar refractivity (Wildman–Crippen MR) is 123 cm³/mol. The number of hydrogen-bond acceptors (Lipinski definition) is 5. The standard InChI is InChI=1S/C22H34N6O4/c1-14-5-6-15(2)18(12-14)27-20(30)13-28(16-7-8-16)11-9-19(29)26-17(21(31)32)4-3-10-25-22(23)24/h5-6,12,16-17H,3-4,7-11,13H2,1-2H3,(H,26,29)(H,27,30)(H,31,32)(H4,23,24,25). The second kappa shape index (κ2) is 12.0. The van der Waals surface area contributed by atoms with Gasteiger partial charge >= 0.3 is 5.97 Å². The number of guanidine groups is 1. The quantitative estimate of drug-likeness (QED) is 0.169. The third-order valence-electron chi connectivity index (χ3n) is 5.28. The molecule has 10 nitrogen and oxygen atoms in total. The smallest absolute Gasteiger partial charge is 0.326 e. The molecule has 1 saturated carbocycles. The fraction of sp³-hybridized carbons (Fsp3) is 0.545. The highest BCUT2D eigenvalue weighted by Crippen LogP contribution is 2.27. The van der Waals surface area contributed by atoms with Crippen LogP contribution in [0, 0.1) is 13.8 Å². The highest BCUT2D eigenvalue weighted by molar-refractivity contribution is 5.93. The zero-order valence-corrected chi connectivity index (χ0v) is 18.8. The Labute approximate surface area is 188 Å². The van der Waals surface area contributed by atoms with Crippen molar-refractivity contribution in [3.63, 3.8) is 0 Å². The number of carbonyl (C=O) groups is 3. The summed E-state index contributed by atoms with van der Waals surface area (Å²) in [5, 5.41) is 14.8. The molecule has 0 aromatic heterocycles. The molecular weight excluding hydrogens is 412 g/mol. The minimum absolute atomic E-state index is 0.0531. The lowest BCUT2D eigenvalue weighted by Gasteiger charge is -2.22. The summed E-state index contributed by atoms with van der Waals surface area (Å²) in [7, 11) is 0. The van der Waals surface area contributed by atoms with Gasteiger partial charge in [-0.1, -0.05) is 12.1 Å². The summed E-state index contributed by atoms with van der Waals surface area (Å²) in [6.45, 7) is 4.78. The van der Waals surface area contributed by atoms with Gasteiger partial charge in [-0.15, -0.1) is 0 Å². The van der Waals surface area contributed by atoms with Crippen molar-refractivity contribution in [3.8, 4) is 0 Å². The van der Waals surface area contributed by atoms with Gasteiger partial charge in [0.15, 0.2) is 5.96 Å². The molecular formula is C22H34N6O4. The number of anilines is 1. The molecule has 2 rings (SSSR count). The molecule has 1 aliphatic rings. The van der Waals surface area contributed by atoms with Crippen LogP contribution in [0.2, 0.25) is 0 Å². The van der Waals surface area contributed by atoms with E-state index in [-0.39, 0.29) is 43.2 Å². The Morgan fingerprint density at radius 2 is 1.94 bits per heavy atom. The van der Waals surface area contributed by atoms with Gasteiger partial charge in [0.05, 0.1) is 6.54 Å². The molecule has 0 spiro atoms. The molecule has 1 fully saturated rings. The van der Waals surface area contributed by atoms with E-state index in [1.807, 2.05) is 36.9 Å². The van der Waals surface area contributed by atoms with Crippen LogP contribution >= 0.6 is 0 Å². The van der Waals surface area contributed by atoms with E-state index in [4.69, 9.17) is 11.5 Å². The maximum Gasteiger partial charge on any atom is 0.326 e. The summed E-state index contributed by atoms with van der Waals surface area (Å²) in [5.41, 5.74) is 13.3. The number of hydrogen-bond donors (Lipinski definition) is 5. The molecule has 0 bridgehead atoms. The Morgan fingerprint density at radius 3 is 2.56 bits per heavy atom. The molecule has 1 unspecified atom stereocenters. The Balaban J connectivity index is 1.82. The number of nitrogens with two attached hydrogens (primary N) is 2. The first-order valence-electron chi connectivity index (χ1n) is 10.8. The van der Waals surface area contributed by atoms with Crippen molar-refractivity contribution < 1.29 is 19.5 Å². The van der Waals surface area contributed by atoms with Crippen molar-refractivity contribution in [2.75, 3.05) is 25.0 Å². The molecule has 0 saturated heterocycles. The lowest BCUT2D eigenvalue weighted by atomic mass is 10.1. The number of amides is 2. The van der Waals surface area contributed by atoms with Gasteiger partial charge in [0.2, 0.25) is 11.8 Å². The van der Waals surface area contributed by atoms with Gasteiger partial charge in [-0.2, -0.15) is 0 Å². The summed E-state index contributed by atoms with van der Waals surface area (Å²) in [5.74, 6) is -1.65. The number of carbonyl (C=O) groups excluding carboxylic acids is 2. The molecule has 1 aromatic rings. The zero-order chi connectivity index (χ0) is 23.7. The maximum absolute atomic E-state index is 12.6. The number of benzene rings is 1. The number of rotatable bonds is 13. The summed E-state index contributed by atoms with van der Waals surface area (Å²) in [6.07, 6.45) is 2.75. The fourth-order valence-corrected chi connectivity index (χ4v) is 3.35. The van der Waals surface area contributed by atoms with Crippen molar-refractivity contribution in [2.45, 2.75) is 58.0 Å². The third kappa shape index (κ3) is 8.93. The minimum Gasteiger partial charge on any atom is -0.480 e. The molecule has 7 N–H and O–H groups in total. The monoisotopic (exact) mass is 446 g/mol. The summed E-state index contributed by atoms with van der Waals surface area (Å²) in [4.78, 5) is 42.1. The number of aliphatic carboxylic acids is 1. The molecule has 1 atom stereocenters. The van der Waals surface area contributed by atoms with Crippen LogP contribution in [0.4, 0.5) is 5.69 Å².